The van der Waals surface area contributed by atoms with Crippen LogP contribution in [0.4, 0.5) is 25.8 Å². The van der Waals surface area contributed by atoms with Gasteiger partial charge in [-0.1, -0.05) is 67.8 Å². The Morgan fingerprint density at radius 2 is 0.838 bits per heavy atom. The molecule has 9 fully saturated rings. The van der Waals surface area contributed by atoms with Crippen LogP contribution in [0.5, 0.6) is 11.5 Å². The van der Waals surface area contributed by atoms with Crippen molar-refractivity contribution in [2.24, 2.45) is 23.6 Å². The SMILES string of the molecule is NN1CC(C(=O)N2CCCN(C3CCC3)CC2)C1.O=C(C1CN(C(=O)N2CCc3ccccc3C2)C1)N1CCCN(C2CCC2)CC1.O=C(Cl)Oc1ccc([N+](=O)[O-])cc1.O=C(Oc1ccc([N+](=O)[O-])cc1)N1CC(C(=O)N2CCCN(C3CCC3)CC2)C1.c1ccc2c(c1)CCNC2. The molecule has 0 aromatic heterocycles. The van der Waals surface area contributed by atoms with Crippen LogP contribution in [-0.2, 0) is 40.3 Å². The highest BCUT2D eigenvalue weighted by molar-refractivity contribution is 6.61. The number of ether oxygens (including phenoxy) is 2. The van der Waals surface area contributed by atoms with Crippen LogP contribution in [0.1, 0.15) is 99.3 Å². The maximum atomic E-state index is 13.0. The molecule has 534 valence electrons. The van der Waals surface area contributed by atoms with Crippen LogP contribution >= 0.6 is 11.6 Å². The number of benzene rings is 4. The molecule has 0 spiro atoms. The Kier molecular flexibility index (Phi) is 25.6. The Bertz CT molecular complexity index is 3390. The predicted molar refractivity (Wildman–Crippen MR) is 373 cm³/mol. The fraction of sp³-hybridized carbons (Fsp3) is 0.583. The molecule has 99 heavy (non-hydrogen) atoms. The number of nitro groups is 2. The summed E-state index contributed by atoms with van der Waals surface area (Å²) in [6, 6.07) is 29.8. The molecule has 27 heteroatoms. The minimum absolute atomic E-state index is 0.00807. The van der Waals surface area contributed by atoms with E-state index in [1.54, 1.807) is 5.01 Å². The first-order valence-corrected chi connectivity index (χ1v) is 36.2. The molecule has 4 aromatic carbocycles. The summed E-state index contributed by atoms with van der Waals surface area (Å²) in [5.74, 6) is 6.72. The molecule has 8 aliphatic heterocycles. The Hall–Kier alpha value is -7.85. The number of nitrogens with two attached hydrogens (primary N) is 1. The van der Waals surface area contributed by atoms with Crippen LogP contribution in [0.25, 0.3) is 0 Å². The molecule has 11 aliphatic rings. The first-order valence-electron chi connectivity index (χ1n) is 35.8. The summed E-state index contributed by atoms with van der Waals surface area (Å²) in [5.41, 5.74) is 4.47. The maximum absolute atomic E-state index is 13.0. The zero-order chi connectivity index (χ0) is 69.4. The average molecular weight is 1390 g/mol. The molecule has 6 amide bonds. The van der Waals surface area contributed by atoms with Gasteiger partial charge in [0.05, 0.1) is 27.6 Å². The summed E-state index contributed by atoms with van der Waals surface area (Å²) in [5, 5.41) is 25.9. The van der Waals surface area contributed by atoms with Crippen molar-refractivity contribution in [3.8, 4) is 11.5 Å². The molecule has 0 unspecified atom stereocenters. The highest BCUT2D eigenvalue weighted by Crippen LogP contribution is 2.31. The number of carbonyl (C=O) groups is 6. The lowest BCUT2D eigenvalue weighted by Crippen LogP contribution is -2.60. The molecule has 8 heterocycles. The number of urea groups is 1. The summed E-state index contributed by atoms with van der Waals surface area (Å²) in [4.78, 5) is 112. The molecule has 0 atom stereocenters. The van der Waals surface area contributed by atoms with Gasteiger partial charge in [-0.2, -0.15) is 0 Å². The second-order valence-corrected chi connectivity index (χ2v) is 28.2. The van der Waals surface area contributed by atoms with Crippen molar-refractivity contribution in [1.29, 1.82) is 0 Å². The largest absolute Gasteiger partial charge is 0.415 e. The number of hydrogen-bond acceptors (Lipinski definition) is 18. The van der Waals surface area contributed by atoms with Crippen molar-refractivity contribution in [2.45, 2.75) is 121 Å². The lowest BCUT2D eigenvalue weighted by Gasteiger charge is -2.43. The van der Waals surface area contributed by atoms with Crippen molar-refractivity contribution < 1.29 is 48.1 Å². The van der Waals surface area contributed by atoms with Gasteiger partial charge in [0.25, 0.3) is 11.4 Å². The van der Waals surface area contributed by atoms with E-state index in [1.807, 2.05) is 20.8 Å². The van der Waals surface area contributed by atoms with Crippen LogP contribution in [0.3, 0.4) is 0 Å². The topological polar surface area (TPSA) is 278 Å². The van der Waals surface area contributed by atoms with Crippen molar-refractivity contribution in [2.75, 3.05) is 131 Å². The Morgan fingerprint density at radius 1 is 0.434 bits per heavy atom. The summed E-state index contributed by atoms with van der Waals surface area (Å²) >= 11 is 4.92. The summed E-state index contributed by atoms with van der Waals surface area (Å²) in [6.45, 7) is 18.5. The number of hydrogen-bond donors (Lipinski definition) is 2. The van der Waals surface area contributed by atoms with Gasteiger partial charge in [-0.05, 0) is 124 Å². The highest BCUT2D eigenvalue weighted by atomic mass is 35.5. The number of nitrogens with zero attached hydrogens (tertiary/aromatic N) is 12. The molecule has 3 N–H and O–H groups in total. The van der Waals surface area contributed by atoms with Gasteiger partial charge < -0.3 is 44.2 Å². The smallest absolute Gasteiger partial charge is 0.414 e. The molecule has 4 aromatic rings. The van der Waals surface area contributed by atoms with Crippen LogP contribution in [0.15, 0.2) is 97.1 Å². The number of nitrogens with one attached hydrogen (secondary N) is 1. The van der Waals surface area contributed by atoms with E-state index in [1.165, 1.54) is 146 Å². The minimum atomic E-state index is -0.978. The number of rotatable bonds is 10. The minimum Gasteiger partial charge on any atom is -0.414 e. The second kappa shape index (κ2) is 35.0. The molecule has 0 radical (unpaired) electrons. The van der Waals surface area contributed by atoms with Crippen molar-refractivity contribution in [3.63, 3.8) is 0 Å². The normalized spacial score (nSPS) is 21.2. The summed E-state index contributed by atoms with van der Waals surface area (Å²) in [6.07, 6.45) is 16.8. The molecular formula is C72H97ClN14O12. The molecule has 26 nitrogen and oxygen atoms in total. The quantitative estimate of drug-likeness (QED) is 0.0662. The van der Waals surface area contributed by atoms with Crippen molar-refractivity contribution in [1.82, 2.24) is 54.4 Å². The number of hydrazine groups is 1. The number of likely N-dealkylation sites (tertiary alicyclic amines) is 2. The van der Waals surface area contributed by atoms with E-state index in [0.29, 0.717) is 44.7 Å². The zero-order valence-electron chi connectivity index (χ0n) is 56.9. The first kappa shape index (κ1) is 72.4. The number of carbonyl (C=O) groups excluding carboxylic acids is 6. The number of nitro benzene ring substituents is 2. The van der Waals surface area contributed by atoms with Gasteiger partial charge in [0.1, 0.15) is 11.5 Å². The van der Waals surface area contributed by atoms with Crippen molar-refractivity contribution in [3.05, 3.63) is 140 Å². The summed E-state index contributed by atoms with van der Waals surface area (Å²) in [7, 11) is 0. The van der Waals surface area contributed by atoms with Crippen LogP contribution in [0, 0.1) is 38.0 Å². The molecular weight excluding hydrogens is 1290 g/mol. The van der Waals surface area contributed by atoms with Gasteiger partial charge in [-0.15, -0.1) is 0 Å². The fourth-order valence-electron chi connectivity index (χ4n) is 14.7. The third-order valence-electron chi connectivity index (χ3n) is 21.5. The molecule has 3 aliphatic carbocycles. The molecule has 6 saturated heterocycles. The average Bonchev–Trinajstić information content (AvgIpc) is 1.32. The highest BCUT2D eigenvalue weighted by Gasteiger charge is 2.43. The van der Waals surface area contributed by atoms with E-state index < -0.39 is 21.4 Å². The van der Waals surface area contributed by atoms with E-state index >= 15 is 0 Å². The number of halogens is 1. The predicted octanol–water partition coefficient (Wildman–Crippen LogP) is 7.84. The first-order chi connectivity index (χ1) is 48.0. The van der Waals surface area contributed by atoms with Crippen LogP contribution in [0.2, 0.25) is 0 Å². The third-order valence-corrected chi connectivity index (χ3v) is 21.5. The van der Waals surface area contributed by atoms with Gasteiger partial charge in [-0.25, -0.2) is 19.4 Å². The van der Waals surface area contributed by atoms with Gasteiger partial charge in [-0.3, -0.25) is 55.2 Å². The Morgan fingerprint density at radius 3 is 1.24 bits per heavy atom. The van der Waals surface area contributed by atoms with Crippen molar-refractivity contribution >= 4 is 58.3 Å². The Balaban J connectivity index is 0.000000132. The van der Waals surface area contributed by atoms with E-state index in [-0.39, 0.29) is 58.5 Å². The molecule has 3 saturated carbocycles. The van der Waals surface area contributed by atoms with Gasteiger partial charge in [0.15, 0.2) is 0 Å². The third kappa shape index (κ3) is 19.6. The van der Waals surface area contributed by atoms with E-state index in [9.17, 15) is 49.0 Å². The Labute approximate surface area is 584 Å². The van der Waals surface area contributed by atoms with E-state index in [4.69, 9.17) is 22.2 Å². The number of non-ortho nitro benzene ring substituents is 2. The lowest BCUT2D eigenvalue weighted by molar-refractivity contribution is -0.385. The van der Waals surface area contributed by atoms with Gasteiger partial charge in [0.2, 0.25) is 17.7 Å². The van der Waals surface area contributed by atoms with Gasteiger partial charge >= 0.3 is 17.6 Å². The molecule has 0 bridgehead atoms. The summed E-state index contributed by atoms with van der Waals surface area (Å²) < 4.78 is 9.69. The second-order valence-electron chi connectivity index (χ2n) is 27.9. The number of amides is 6. The maximum Gasteiger partial charge on any atom is 0.415 e. The zero-order valence-corrected chi connectivity index (χ0v) is 57.6. The fourth-order valence-corrected chi connectivity index (χ4v) is 14.7. The van der Waals surface area contributed by atoms with Crippen LogP contribution < -0.4 is 20.6 Å². The van der Waals surface area contributed by atoms with E-state index in [0.717, 1.165) is 142 Å². The molecule has 15 rings (SSSR count). The van der Waals surface area contributed by atoms with E-state index in [2.05, 4.69) is 77.0 Å². The van der Waals surface area contributed by atoms with Crippen LogP contribution in [-0.4, -0.2) is 243 Å². The number of fused-ring (bicyclic) bond motifs is 2. The standard InChI is InChI=1S/C23H32N4O2.C20H26N4O5.C13H24N4O.C9H11N.C7H4ClNO4/c28-22(25-11-4-10-24(13-14-25)21-7-3-8-21)20-16-27(17-20)23(29)26-12-9-18-5-1-2-6-19(18)15-26;25-19(22-10-2-9-21(11-12-22)16-3-1-4-16)15-13-23(14-15)20(26)29-18-7-5-17(6-8-18)24(27)28;14-17-9-11(10-17)13(18)16-6-2-5-15(7-8-16)12-3-1-4-12;1-2-4-9-7-10-6-5-8(9)3-1;8-7(10)13-6-3-1-5(2-4-6)9(11)12/h1-2,5-6,20-21H,3-4,7-17H2;5-8,15-16H,1-4,9-14H2;11-12H,1-10,14H2;1-4,10H,5-7H2;1-4H. The lowest BCUT2D eigenvalue weighted by atomic mass is 9.91. The van der Waals surface area contributed by atoms with Gasteiger partial charge in [0, 0.05) is 191 Å². The monoisotopic (exact) mass is 1380 g/mol.